The Labute approximate surface area is 206 Å². The molecule has 1 atom stereocenters. The summed E-state index contributed by atoms with van der Waals surface area (Å²) in [7, 11) is 0. The third-order valence-electron chi connectivity index (χ3n) is 7.05. The van der Waals surface area contributed by atoms with Crippen LogP contribution in [0.1, 0.15) is 25.3 Å². The summed E-state index contributed by atoms with van der Waals surface area (Å²) in [4.78, 5) is 18.1. The molecule has 8 heteroatoms. The number of hydrogen-bond donors (Lipinski definition) is 2. The van der Waals surface area contributed by atoms with E-state index >= 15 is 0 Å². The minimum atomic E-state index is -1.35. The number of halogens is 1. The van der Waals surface area contributed by atoms with Crippen LogP contribution in [0.25, 0.3) is 0 Å². The summed E-state index contributed by atoms with van der Waals surface area (Å²) >= 11 is 0. The Bertz CT molecular complexity index is 1010. The Hall–Kier alpha value is -2.68. The lowest BCUT2D eigenvalue weighted by molar-refractivity contribution is -0.132. The van der Waals surface area contributed by atoms with Crippen molar-refractivity contribution in [3.8, 4) is 5.75 Å². The molecule has 0 aromatic heterocycles. The molecule has 1 amide bonds. The third kappa shape index (κ3) is 6.72. The number of amides is 1. The number of aliphatic hydroxyl groups is 2. The van der Waals surface area contributed by atoms with E-state index in [4.69, 9.17) is 4.74 Å². The van der Waals surface area contributed by atoms with E-state index in [-0.39, 0.29) is 25.6 Å². The Morgan fingerprint density at radius 3 is 2.37 bits per heavy atom. The van der Waals surface area contributed by atoms with E-state index < -0.39 is 17.0 Å². The fourth-order valence-corrected chi connectivity index (χ4v) is 5.02. The number of ether oxygens (including phenoxy) is 1. The molecule has 35 heavy (non-hydrogen) atoms. The molecule has 2 heterocycles. The molecule has 0 radical (unpaired) electrons. The van der Waals surface area contributed by atoms with Crippen LogP contribution in [-0.2, 0) is 4.79 Å². The van der Waals surface area contributed by atoms with Gasteiger partial charge in [0.2, 0.25) is 5.91 Å². The van der Waals surface area contributed by atoms with Gasteiger partial charge in [-0.1, -0.05) is 23.8 Å². The summed E-state index contributed by atoms with van der Waals surface area (Å²) < 4.78 is 19.3. The van der Waals surface area contributed by atoms with Gasteiger partial charge >= 0.3 is 0 Å². The van der Waals surface area contributed by atoms with E-state index in [0.29, 0.717) is 38.2 Å². The highest BCUT2D eigenvalue weighted by atomic mass is 19.1. The SMILES string of the molecule is CC(=O)N1CCN(CC2(O)CCN(c3ccc(C)cc3)CC2)C[C@](O)(COc2cccc(F)c2)C1. The Balaban J connectivity index is 1.40. The van der Waals surface area contributed by atoms with Crippen molar-refractivity contribution in [2.75, 3.05) is 57.3 Å². The van der Waals surface area contributed by atoms with Crippen LogP contribution >= 0.6 is 0 Å². The van der Waals surface area contributed by atoms with Crippen molar-refractivity contribution in [1.82, 2.24) is 9.80 Å². The van der Waals surface area contributed by atoms with E-state index in [0.717, 1.165) is 18.8 Å². The number of carbonyl (C=O) groups is 1. The van der Waals surface area contributed by atoms with Crippen LogP contribution in [0.2, 0.25) is 0 Å². The first kappa shape index (κ1) is 25.4. The summed E-state index contributed by atoms with van der Waals surface area (Å²) in [6, 6.07) is 14.2. The zero-order valence-electron chi connectivity index (χ0n) is 20.6. The minimum absolute atomic E-state index is 0.0869. The minimum Gasteiger partial charge on any atom is -0.490 e. The van der Waals surface area contributed by atoms with Crippen LogP contribution in [-0.4, -0.2) is 89.5 Å². The molecular formula is C27H36FN3O4. The molecule has 2 N–H and O–H groups in total. The Morgan fingerprint density at radius 2 is 1.71 bits per heavy atom. The fraction of sp³-hybridized carbons (Fsp3) is 0.519. The van der Waals surface area contributed by atoms with Gasteiger partial charge in [0.25, 0.3) is 0 Å². The van der Waals surface area contributed by atoms with Crippen molar-refractivity contribution >= 4 is 11.6 Å². The highest BCUT2D eigenvalue weighted by Crippen LogP contribution is 2.29. The van der Waals surface area contributed by atoms with Crippen molar-refractivity contribution in [2.24, 2.45) is 0 Å². The van der Waals surface area contributed by atoms with Gasteiger partial charge in [0.15, 0.2) is 0 Å². The van der Waals surface area contributed by atoms with Crippen LogP contribution in [0.3, 0.4) is 0 Å². The first-order chi connectivity index (χ1) is 16.6. The van der Waals surface area contributed by atoms with E-state index in [1.165, 1.54) is 24.6 Å². The molecule has 0 aliphatic carbocycles. The molecule has 2 saturated heterocycles. The number of hydrogen-bond acceptors (Lipinski definition) is 6. The van der Waals surface area contributed by atoms with Gasteiger partial charge < -0.3 is 24.7 Å². The van der Waals surface area contributed by atoms with Crippen LogP contribution in [0.15, 0.2) is 48.5 Å². The van der Waals surface area contributed by atoms with Crippen LogP contribution < -0.4 is 9.64 Å². The third-order valence-corrected chi connectivity index (χ3v) is 7.05. The molecule has 2 aromatic carbocycles. The first-order valence-corrected chi connectivity index (χ1v) is 12.3. The summed E-state index contributed by atoms with van der Waals surface area (Å²) in [6.45, 7) is 6.74. The van der Waals surface area contributed by atoms with E-state index in [9.17, 15) is 19.4 Å². The molecule has 2 aliphatic rings. The number of benzene rings is 2. The lowest BCUT2D eigenvalue weighted by Gasteiger charge is -2.42. The Morgan fingerprint density at radius 1 is 1.00 bits per heavy atom. The van der Waals surface area contributed by atoms with Gasteiger partial charge in [-0.2, -0.15) is 0 Å². The van der Waals surface area contributed by atoms with Crippen LogP contribution in [0, 0.1) is 12.7 Å². The molecular weight excluding hydrogens is 449 g/mol. The zero-order valence-corrected chi connectivity index (χ0v) is 20.6. The molecule has 7 nitrogen and oxygen atoms in total. The molecule has 0 unspecified atom stereocenters. The van der Waals surface area contributed by atoms with Gasteiger partial charge in [-0.15, -0.1) is 0 Å². The first-order valence-electron chi connectivity index (χ1n) is 12.3. The largest absolute Gasteiger partial charge is 0.490 e. The number of piperidine rings is 1. The maximum Gasteiger partial charge on any atom is 0.219 e. The molecule has 0 spiro atoms. The van der Waals surface area contributed by atoms with Gasteiger partial charge in [0.1, 0.15) is 23.8 Å². The predicted molar refractivity (Wildman–Crippen MR) is 133 cm³/mol. The van der Waals surface area contributed by atoms with Crippen molar-refractivity contribution in [1.29, 1.82) is 0 Å². The van der Waals surface area contributed by atoms with Crippen molar-refractivity contribution in [3.63, 3.8) is 0 Å². The molecule has 0 saturated carbocycles. The van der Waals surface area contributed by atoms with Crippen molar-refractivity contribution < 1.29 is 24.1 Å². The molecule has 2 aromatic rings. The lowest BCUT2D eigenvalue weighted by atomic mass is 9.90. The summed E-state index contributed by atoms with van der Waals surface area (Å²) in [5.41, 5.74) is 0.148. The normalized spacial score (nSPS) is 23.1. The second-order valence-electron chi connectivity index (χ2n) is 10.2. The lowest BCUT2D eigenvalue weighted by Crippen LogP contribution is -2.55. The number of rotatable bonds is 6. The monoisotopic (exact) mass is 485 g/mol. The second kappa shape index (κ2) is 10.5. The van der Waals surface area contributed by atoms with Gasteiger partial charge in [-0.3, -0.25) is 9.69 Å². The maximum atomic E-state index is 13.5. The molecule has 2 fully saturated rings. The average molecular weight is 486 g/mol. The van der Waals surface area contributed by atoms with Crippen LogP contribution in [0.4, 0.5) is 10.1 Å². The van der Waals surface area contributed by atoms with Crippen molar-refractivity contribution in [2.45, 2.75) is 37.9 Å². The quantitative estimate of drug-likeness (QED) is 0.655. The molecule has 2 aliphatic heterocycles. The molecule has 4 rings (SSSR count). The van der Waals surface area contributed by atoms with Gasteiger partial charge in [0.05, 0.1) is 12.1 Å². The Kier molecular flexibility index (Phi) is 7.64. The van der Waals surface area contributed by atoms with Gasteiger partial charge in [0, 0.05) is 57.9 Å². The second-order valence-corrected chi connectivity index (χ2v) is 10.2. The van der Waals surface area contributed by atoms with Crippen molar-refractivity contribution in [3.05, 3.63) is 59.9 Å². The zero-order chi connectivity index (χ0) is 25.1. The summed E-state index contributed by atoms with van der Waals surface area (Å²) in [6.07, 6.45) is 1.23. The van der Waals surface area contributed by atoms with E-state index in [1.54, 1.807) is 17.0 Å². The summed E-state index contributed by atoms with van der Waals surface area (Å²) in [5, 5.41) is 22.9. The number of nitrogens with zero attached hydrogens (tertiary/aromatic N) is 3. The average Bonchev–Trinajstić information content (AvgIpc) is 2.98. The molecule has 190 valence electrons. The highest BCUT2D eigenvalue weighted by molar-refractivity contribution is 5.73. The van der Waals surface area contributed by atoms with Gasteiger partial charge in [-0.05, 0) is 44.0 Å². The number of anilines is 1. The van der Waals surface area contributed by atoms with Gasteiger partial charge in [-0.25, -0.2) is 4.39 Å². The van der Waals surface area contributed by atoms with E-state index in [2.05, 4.69) is 36.1 Å². The summed E-state index contributed by atoms with van der Waals surface area (Å²) in [5.74, 6) is -0.214. The fourth-order valence-electron chi connectivity index (χ4n) is 5.02. The number of carbonyl (C=O) groups excluding carboxylic acids is 1. The standard InChI is InChI=1S/C27H36FN3O4/c1-21-6-8-24(9-7-21)30-12-10-26(33,11-13-30)17-29-14-15-31(22(2)32)19-27(34,18-29)20-35-25-5-3-4-23(28)16-25/h3-9,16,33-34H,10-15,17-20H2,1-2H3/t27-/m1/s1. The van der Waals surface area contributed by atoms with E-state index in [1.807, 2.05) is 4.90 Å². The van der Waals surface area contributed by atoms with Crippen LogP contribution in [0.5, 0.6) is 5.75 Å². The highest BCUT2D eigenvalue weighted by Gasteiger charge is 2.40. The topological polar surface area (TPSA) is 76.5 Å². The number of β-amino-alcohol motifs (C(OH)–C–C–N with tert-alkyl or cyclic N) is 2. The maximum absolute atomic E-state index is 13.5. The molecule has 0 bridgehead atoms. The number of aryl methyl sites for hydroxylation is 1. The predicted octanol–water partition coefficient (Wildman–Crippen LogP) is 2.44. The smallest absolute Gasteiger partial charge is 0.219 e.